The van der Waals surface area contributed by atoms with Gasteiger partial charge >= 0.3 is 0 Å². The molecule has 1 spiro atoms. The van der Waals surface area contributed by atoms with Crippen LogP contribution in [0.1, 0.15) is 30.9 Å². The molecule has 4 rings (SSSR count). The third-order valence-electron chi connectivity index (χ3n) is 5.59. The number of anilines is 1. The first-order chi connectivity index (χ1) is 13.4. The summed E-state index contributed by atoms with van der Waals surface area (Å²) in [6.45, 7) is 4.19. The molecule has 2 aromatic carbocycles. The molecule has 0 aromatic heterocycles. The number of para-hydroxylation sites is 1. The lowest BCUT2D eigenvalue weighted by Gasteiger charge is -2.26. The average molecular weight is 446 g/mol. The SMILES string of the molecule is CCOc1ccc(Br)cc1[C@@H]1[C@H](C)N[C@@]2(C(=O)Nc3ccccc32)[C@@H]1[N+](=O)[O-]. The summed E-state index contributed by atoms with van der Waals surface area (Å²) >= 11 is 3.46. The Morgan fingerprint density at radius 3 is 2.75 bits per heavy atom. The Morgan fingerprint density at radius 1 is 1.29 bits per heavy atom. The number of amides is 1. The summed E-state index contributed by atoms with van der Waals surface area (Å²) in [5.74, 6) is -0.344. The Kier molecular flexibility index (Phi) is 4.63. The van der Waals surface area contributed by atoms with Gasteiger partial charge in [0.15, 0.2) is 5.54 Å². The summed E-state index contributed by atoms with van der Waals surface area (Å²) in [5.41, 5.74) is 0.519. The molecule has 7 nitrogen and oxygen atoms in total. The van der Waals surface area contributed by atoms with Crippen molar-refractivity contribution in [3.05, 3.63) is 68.2 Å². The van der Waals surface area contributed by atoms with E-state index in [1.807, 2.05) is 26.0 Å². The smallest absolute Gasteiger partial charge is 0.256 e. The second-order valence-corrected chi connectivity index (χ2v) is 8.03. The zero-order valence-electron chi connectivity index (χ0n) is 15.4. The molecule has 1 fully saturated rings. The van der Waals surface area contributed by atoms with Crippen molar-refractivity contribution >= 4 is 27.5 Å². The van der Waals surface area contributed by atoms with Crippen LogP contribution in [0.4, 0.5) is 5.69 Å². The van der Waals surface area contributed by atoms with E-state index in [1.165, 1.54) is 0 Å². The predicted molar refractivity (Wildman–Crippen MR) is 108 cm³/mol. The molecule has 146 valence electrons. The molecule has 1 amide bonds. The Morgan fingerprint density at radius 2 is 2.04 bits per heavy atom. The molecule has 28 heavy (non-hydrogen) atoms. The van der Waals surface area contributed by atoms with Gasteiger partial charge in [0.05, 0.1) is 12.5 Å². The van der Waals surface area contributed by atoms with Crippen molar-refractivity contribution in [2.24, 2.45) is 0 Å². The number of carbonyl (C=O) groups excluding carboxylic acids is 1. The molecule has 2 heterocycles. The van der Waals surface area contributed by atoms with Gasteiger partial charge in [-0.3, -0.25) is 20.2 Å². The Labute approximate surface area is 170 Å². The van der Waals surface area contributed by atoms with Gasteiger partial charge in [-0.05, 0) is 38.1 Å². The second kappa shape index (κ2) is 6.86. The van der Waals surface area contributed by atoms with E-state index < -0.39 is 23.4 Å². The number of benzene rings is 2. The molecular formula is C20H20BrN3O4. The molecule has 4 atom stereocenters. The molecule has 0 unspecified atom stereocenters. The minimum absolute atomic E-state index is 0.319. The number of rotatable bonds is 4. The first kappa shape index (κ1) is 18.9. The molecule has 1 saturated heterocycles. The summed E-state index contributed by atoms with van der Waals surface area (Å²) in [7, 11) is 0. The molecule has 2 aliphatic heterocycles. The van der Waals surface area contributed by atoms with Crippen molar-refractivity contribution in [3.8, 4) is 5.75 Å². The van der Waals surface area contributed by atoms with Crippen molar-refractivity contribution < 1.29 is 14.5 Å². The fourth-order valence-electron chi connectivity index (χ4n) is 4.59. The van der Waals surface area contributed by atoms with E-state index in [2.05, 4.69) is 26.6 Å². The Hall–Kier alpha value is -2.45. The molecule has 2 aromatic rings. The van der Waals surface area contributed by atoms with Crippen LogP contribution >= 0.6 is 15.9 Å². The van der Waals surface area contributed by atoms with Crippen LogP contribution in [0, 0.1) is 10.1 Å². The standard InChI is InChI=1S/C20H20BrN3O4/c1-3-28-16-9-8-12(21)10-13(16)17-11(2)23-20(18(17)24(26)27)14-6-4-5-7-15(14)22-19(20)25/h4-11,17-18,23H,3H2,1-2H3,(H,22,25)/t11-,17-,18+,20+/m0/s1. The highest BCUT2D eigenvalue weighted by Gasteiger charge is 2.67. The fraction of sp³-hybridized carbons (Fsp3) is 0.350. The summed E-state index contributed by atoms with van der Waals surface area (Å²) in [5, 5.41) is 18.4. The summed E-state index contributed by atoms with van der Waals surface area (Å²) < 4.78 is 6.56. The molecule has 2 aliphatic rings. The van der Waals surface area contributed by atoms with E-state index in [0.29, 0.717) is 29.2 Å². The van der Waals surface area contributed by atoms with Gasteiger partial charge in [-0.25, -0.2) is 0 Å². The van der Waals surface area contributed by atoms with Crippen molar-refractivity contribution in [2.45, 2.75) is 37.4 Å². The van der Waals surface area contributed by atoms with Gasteiger partial charge in [0.1, 0.15) is 5.75 Å². The molecule has 0 bridgehead atoms. The van der Waals surface area contributed by atoms with Gasteiger partial charge in [-0.1, -0.05) is 34.1 Å². The maximum atomic E-state index is 13.1. The number of carbonyl (C=O) groups is 1. The Balaban J connectivity index is 1.91. The quantitative estimate of drug-likeness (QED) is 0.555. The van der Waals surface area contributed by atoms with Crippen LogP contribution in [0.5, 0.6) is 5.75 Å². The van der Waals surface area contributed by atoms with Crippen molar-refractivity contribution in [1.29, 1.82) is 0 Å². The number of nitrogens with zero attached hydrogens (tertiary/aromatic N) is 1. The van der Waals surface area contributed by atoms with E-state index in [4.69, 9.17) is 4.74 Å². The normalized spacial score (nSPS) is 28.2. The largest absolute Gasteiger partial charge is 0.494 e. The van der Waals surface area contributed by atoms with E-state index >= 15 is 0 Å². The van der Waals surface area contributed by atoms with Gasteiger partial charge in [0.2, 0.25) is 0 Å². The lowest BCUT2D eigenvalue weighted by Crippen LogP contribution is -2.54. The minimum atomic E-state index is -1.42. The van der Waals surface area contributed by atoms with Crippen molar-refractivity contribution in [1.82, 2.24) is 5.32 Å². The molecule has 0 saturated carbocycles. The van der Waals surface area contributed by atoms with Gasteiger partial charge in [-0.15, -0.1) is 0 Å². The highest BCUT2D eigenvalue weighted by molar-refractivity contribution is 9.10. The zero-order valence-corrected chi connectivity index (χ0v) is 17.0. The van der Waals surface area contributed by atoms with Crippen molar-refractivity contribution in [2.75, 3.05) is 11.9 Å². The van der Waals surface area contributed by atoms with Gasteiger partial charge < -0.3 is 10.1 Å². The maximum absolute atomic E-state index is 13.1. The predicted octanol–water partition coefficient (Wildman–Crippen LogP) is 3.42. The monoisotopic (exact) mass is 445 g/mol. The second-order valence-electron chi connectivity index (χ2n) is 7.11. The zero-order chi connectivity index (χ0) is 20.1. The van der Waals surface area contributed by atoms with E-state index in [1.54, 1.807) is 30.3 Å². The molecule has 0 radical (unpaired) electrons. The summed E-state index contributed by atoms with van der Waals surface area (Å²) in [4.78, 5) is 25.1. The van der Waals surface area contributed by atoms with Gasteiger partial charge in [-0.2, -0.15) is 0 Å². The van der Waals surface area contributed by atoms with Gasteiger partial charge in [0, 0.05) is 32.3 Å². The highest BCUT2D eigenvalue weighted by atomic mass is 79.9. The fourth-order valence-corrected chi connectivity index (χ4v) is 4.97. The number of hydrogen-bond donors (Lipinski definition) is 2. The number of fused-ring (bicyclic) bond motifs is 2. The van der Waals surface area contributed by atoms with Crippen LogP contribution < -0.4 is 15.4 Å². The molecular weight excluding hydrogens is 426 g/mol. The van der Waals surface area contributed by atoms with Crippen LogP contribution in [0.2, 0.25) is 0 Å². The minimum Gasteiger partial charge on any atom is -0.494 e. The van der Waals surface area contributed by atoms with E-state index in [-0.39, 0.29) is 11.0 Å². The maximum Gasteiger partial charge on any atom is 0.256 e. The van der Waals surface area contributed by atoms with Crippen LogP contribution in [-0.2, 0) is 10.3 Å². The first-order valence-electron chi connectivity index (χ1n) is 9.14. The summed E-state index contributed by atoms with van der Waals surface area (Å²) in [6, 6.07) is 11.1. The number of halogens is 1. The lowest BCUT2D eigenvalue weighted by atomic mass is 9.78. The van der Waals surface area contributed by atoms with E-state index in [9.17, 15) is 14.9 Å². The third kappa shape index (κ3) is 2.62. The van der Waals surface area contributed by atoms with Crippen LogP contribution in [0.3, 0.4) is 0 Å². The van der Waals surface area contributed by atoms with Crippen molar-refractivity contribution in [3.63, 3.8) is 0 Å². The number of ether oxygens (including phenoxy) is 1. The van der Waals surface area contributed by atoms with Crippen LogP contribution in [0.15, 0.2) is 46.9 Å². The van der Waals surface area contributed by atoms with Gasteiger partial charge in [0.25, 0.3) is 11.9 Å². The van der Waals surface area contributed by atoms with Crippen LogP contribution in [-0.4, -0.2) is 29.5 Å². The van der Waals surface area contributed by atoms with Crippen LogP contribution in [0.25, 0.3) is 0 Å². The topological polar surface area (TPSA) is 93.5 Å². The van der Waals surface area contributed by atoms with E-state index in [0.717, 1.165) is 4.47 Å². The number of nitro groups is 1. The number of nitrogens with one attached hydrogen (secondary N) is 2. The highest BCUT2D eigenvalue weighted by Crippen LogP contribution is 2.51. The molecule has 0 aliphatic carbocycles. The Bertz CT molecular complexity index is 966. The molecule has 8 heteroatoms. The lowest BCUT2D eigenvalue weighted by molar-refractivity contribution is -0.532. The first-order valence-corrected chi connectivity index (χ1v) is 9.93. The summed E-state index contributed by atoms with van der Waals surface area (Å²) in [6.07, 6.45) is 0. The average Bonchev–Trinajstić information content (AvgIpc) is 3.12. The third-order valence-corrected chi connectivity index (χ3v) is 6.09. The molecule has 2 N–H and O–H groups in total. The number of hydrogen-bond acceptors (Lipinski definition) is 5.